The van der Waals surface area contributed by atoms with Crippen LogP contribution in [-0.2, 0) is 14.8 Å². The highest BCUT2D eigenvalue weighted by Crippen LogP contribution is 2.23. The highest BCUT2D eigenvalue weighted by atomic mass is 32.2. The average Bonchev–Trinajstić information content (AvgIpc) is 2.78. The zero-order chi connectivity index (χ0) is 22.3. The Morgan fingerprint density at radius 1 is 1.00 bits per heavy atom. The maximum Gasteiger partial charge on any atom is 0.246 e. The standard InChI is InChI=1S/C24H31N3O3S/c1-3-23(27(31(2,29)30)22-14-8-5-9-15-22)24(28)26-19-17-25(18-20-26)16-10-13-21-11-6-4-7-12-21/h4-15,23H,3,16-20H2,1-2H3/b13-10+. The fraction of sp³-hybridized carbons (Fsp3) is 0.375. The summed E-state index contributed by atoms with van der Waals surface area (Å²) < 4.78 is 26.4. The highest BCUT2D eigenvalue weighted by molar-refractivity contribution is 7.92. The lowest BCUT2D eigenvalue weighted by Gasteiger charge is -2.38. The molecular formula is C24H31N3O3S. The minimum absolute atomic E-state index is 0.128. The number of carbonyl (C=O) groups excluding carboxylic acids is 1. The number of hydrogen-bond donors (Lipinski definition) is 0. The van der Waals surface area contributed by atoms with Gasteiger partial charge in [-0.2, -0.15) is 0 Å². The summed E-state index contributed by atoms with van der Waals surface area (Å²) >= 11 is 0. The van der Waals surface area contributed by atoms with Gasteiger partial charge in [0.05, 0.1) is 11.9 Å². The Labute approximate surface area is 185 Å². The van der Waals surface area contributed by atoms with E-state index in [1.165, 1.54) is 9.87 Å². The fourth-order valence-corrected chi connectivity index (χ4v) is 5.09. The van der Waals surface area contributed by atoms with Gasteiger partial charge in [0, 0.05) is 32.7 Å². The van der Waals surface area contributed by atoms with Crippen LogP contribution >= 0.6 is 0 Å². The molecule has 0 N–H and O–H groups in total. The molecule has 0 radical (unpaired) electrons. The fourth-order valence-electron chi connectivity index (χ4n) is 3.88. The first-order valence-corrected chi connectivity index (χ1v) is 12.5. The summed E-state index contributed by atoms with van der Waals surface area (Å²) in [5, 5.41) is 0. The zero-order valence-electron chi connectivity index (χ0n) is 18.2. The molecule has 7 heteroatoms. The van der Waals surface area contributed by atoms with E-state index in [0.717, 1.165) is 25.9 Å². The molecule has 1 aliphatic heterocycles. The summed E-state index contributed by atoms with van der Waals surface area (Å²) in [5.41, 5.74) is 1.69. The molecule has 6 nitrogen and oxygen atoms in total. The molecule has 0 bridgehead atoms. The number of anilines is 1. The molecule has 166 valence electrons. The van der Waals surface area contributed by atoms with Crippen molar-refractivity contribution in [1.29, 1.82) is 0 Å². The van der Waals surface area contributed by atoms with Gasteiger partial charge in [0.1, 0.15) is 6.04 Å². The summed E-state index contributed by atoms with van der Waals surface area (Å²) in [6.07, 6.45) is 5.82. The Morgan fingerprint density at radius 2 is 1.58 bits per heavy atom. The van der Waals surface area contributed by atoms with Crippen molar-refractivity contribution < 1.29 is 13.2 Å². The molecule has 2 aromatic rings. The maximum absolute atomic E-state index is 13.3. The number of nitrogens with zero attached hydrogens (tertiary/aromatic N) is 3. The van der Waals surface area contributed by atoms with Crippen LogP contribution in [0.25, 0.3) is 6.08 Å². The second-order valence-electron chi connectivity index (χ2n) is 7.76. The van der Waals surface area contributed by atoms with E-state index in [9.17, 15) is 13.2 Å². The van der Waals surface area contributed by atoms with Crippen LogP contribution in [0, 0.1) is 0 Å². The van der Waals surface area contributed by atoms with Crippen LogP contribution in [0.5, 0.6) is 0 Å². The lowest BCUT2D eigenvalue weighted by Crippen LogP contribution is -2.55. The first-order chi connectivity index (χ1) is 14.9. The number of rotatable bonds is 8. The molecule has 31 heavy (non-hydrogen) atoms. The molecule has 0 aromatic heterocycles. The predicted molar refractivity (Wildman–Crippen MR) is 126 cm³/mol. The van der Waals surface area contributed by atoms with Crippen LogP contribution in [0.1, 0.15) is 18.9 Å². The van der Waals surface area contributed by atoms with Crippen molar-refractivity contribution in [2.45, 2.75) is 19.4 Å². The van der Waals surface area contributed by atoms with Gasteiger partial charge < -0.3 is 4.90 Å². The molecule has 1 aliphatic rings. The average molecular weight is 442 g/mol. The normalized spacial score (nSPS) is 16.4. The van der Waals surface area contributed by atoms with E-state index < -0.39 is 16.1 Å². The third kappa shape index (κ3) is 6.18. The summed E-state index contributed by atoms with van der Waals surface area (Å²) in [6, 6.07) is 18.3. The lowest BCUT2D eigenvalue weighted by molar-refractivity contribution is -0.134. The van der Waals surface area contributed by atoms with Crippen LogP contribution in [0.2, 0.25) is 0 Å². The number of para-hydroxylation sites is 1. The van der Waals surface area contributed by atoms with Gasteiger partial charge in [-0.3, -0.25) is 14.0 Å². The molecule has 1 saturated heterocycles. The van der Waals surface area contributed by atoms with Gasteiger partial charge in [-0.05, 0) is 24.1 Å². The van der Waals surface area contributed by atoms with E-state index in [-0.39, 0.29) is 5.91 Å². The molecule has 3 rings (SSSR count). The Hall–Kier alpha value is -2.64. The van der Waals surface area contributed by atoms with Crippen LogP contribution in [0.3, 0.4) is 0 Å². The van der Waals surface area contributed by atoms with Crippen molar-refractivity contribution in [2.24, 2.45) is 0 Å². The van der Waals surface area contributed by atoms with E-state index in [1.807, 2.05) is 31.2 Å². The van der Waals surface area contributed by atoms with Gasteiger partial charge in [0.15, 0.2) is 0 Å². The van der Waals surface area contributed by atoms with E-state index in [4.69, 9.17) is 0 Å². The summed E-state index contributed by atoms with van der Waals surface area (Å²) in [7, 11) is -3.60. The summed E-state index contributed by atoms with van der Waals surface area (Å²) in [5.74, 6) is -0.128. The number of carbonyl (C=O) groups is 1. The molecule has 1 fully saturated rings. The Bertz CT molecular complexity index is 970. The van der Waals surface area contributed by atoms with Crippen LogP contribution < -0.4 is 4.31 Å². The smallest absolute Gasteiger partial charge is 0.246 e. The number of sulfonamides is 1. The van der Waals surface area contributed by atoms with Crippen LogP contribution in [0.15, 0.2) is 66.7 Å². The first-order valence-electron chi connectivity index (χ1n) is 10.7. The molecule has 0 saturated carbocycles. The van der Waals surface area contributed by atoms with E-state index >= 15 is 0 Å². The number of amides is 1. The monoisotopic (exact) mass is 441 g/mol. The molecule has 0 spiro atoms. The molecule has 1 atom stereocenters. The second kappa shape index (κ2) is 10.6. The van der Waals surface area contributed by atoms with Crippen molar-refractivity contribution in [2.75, 3.05) is 43.3 Å². The van der Waals surface area contributed by atoms with Crippen LogP contribution in [-0.4, -0.2) is 69.1 Å². The third-order valence-electron chi connectivity index (χ3n) is 5.48. The van der Waals surface area contributed by atoms with Gasteiger partial charge in [0.25, 0.3) is 0 Å². The number of piperazine rings is 1. The quantitative estimate of drug-likeness (QED) is 0.632. The molecule has 0 aliphatic carbocycles. The van der Waals surface area contributed by atoms with E-state index in [2.05, 4.69) is 29.2 Å². The van der Waals surface area contributed by atoms with Gasteiger partial charge in [-0.1, -0.05) is 67.6 Å². The first kappa shape index (κ1) is 23.0. The molecule has 1 amide bonds. The van der Waals surface area contributed by atoms with Crippen molar-refractivity contribution in [1.82, 2.24) is 9.80 Å². The maximum atomic E-state index is 13.3. The minimum atomic E-state index is -3.60. The Kier molecular flexibility index (Phi) is 7.87. The number of hydrogen-bond acceptors (Lipinski definition) is 4. The Balaban J connectivity index is 1.62. The van der Waals surface area contributed by atoms with Crippen molar-refractivity contribution in [3.63, 3.8) is 0 Å². The minimum Gasteiger partial charge on any atom is -0.338 e. The van der Waals surface area contributed by atoms with Crippen molar-refractivity contribution in [3.05, 3.63) is 72.3 Å². The molecule has 1 heterocycles. The van der Waals surface area contributed by atoms with Gasteiger partial charge in [-0.25, -0.2) is 8.42 Å². The SMILES string of the molecule is CCC(C(=O)N1CCN(C/C=C/c2ccccc2)CC1)N(c1ccccc1)S(C)(=O)=O. The van der Waals surface area contributed by atoms with Gasteiger partial charge in [0.2, 0.25) is 15.9 Å². The van der Waals surface area contributed by atoms with Crippen molar-refractivity contribution in [3.8, 4) is 0 Å². The molecule has 1 unspecified atom stereocenters. The third-order valence-corrected chi connectivity index (χ3v) is 6.66. The largest absolute Gasteiger partial charge is 0.338 e. The zero-order valence-corrected chi connectivity index (χ0v) is 19.0. The number of benzene rings is 2. The van der Waals surface area contributed by atoms with Gasteiger partial charge in [-0.15, -0.1) is 0 Å². The summed E-state index contributed by atoms with van der Waals surface area (Å²) in [6.45, 7) is 5.42. The van der Waals surface area contributed by atoms with Crippen LogP contribution in [0.4, 0.5) is 5.69 Å². The summed E-state index contributed by atoms with van der Waals surface area (Å²) in [4.78, 5) is 17.4. The second-order valence-corrected chi connectivity index (χ2v) is 9.62. The van der Waals surface area contributed by atoms with E-state index in [0.29, 0.717) is 25.2 Å². The van der Waals surface area contributed by atoms with Crippen molar-refractivity contribution >= 4 is 27.7 Å². The lowest BCUT2D eigenvalue weighted by atomic mass is 10.1. The van der Waals surface area contributed by atoms with E-state index in [1.54, 1.807) is 29.2 Å². The topological polar surface area (TPSA) is 60.9 Å². The predicted octanol–water partition coefficient (Wildman–Crippen LogP) is 3.09. The molecule has 2 aromatic carbocycles. The van der Waals surface area contributed by atoms with Gasteiger partial charge >= 0.3 is 0 Å². The highest BCUT2D eigenvalue weighted by Gasteiger charge is 2.35. The Morgan fingerprint density at radius 3 is 2.13 bits per heavy atom. The molecular weight excluding hydrogens is 410 g/mol.